The summed E-state index contributed by atoms with van der Waals surface area (Å²) < 4.78 is 0.686. The van der Waals surface area contributed by atoms with Crippen molar-refractivity contribution in [1.82, 2.24) is 10.2 Å². The molecule has 5 nitrogen and oxygen atoms in total. The Balaban J connectivity index is 1.44. The van der Waals surface area contributed by atoms with Crippen molar-refractivity contribution in [2.75, 3.05) is 19.6 Å². The van der Waals surface area contributed by atoms with E-state index in [0.29, 0.717) is 10.3 Å². The zero-order valence-electron chi connectivity index (χ0n) is 14.4. The van der Waals surface area contributed by atoms with Crippen LogP contribution in [0.4, 0.5) is 0 Å². The van der Waals surface area contributed by atoms with Gasteiger partial charge in [0.05, 0.1) is 5.56 Å². The lowest BCUT2D eigenvalue weighted by molar-refractivity contribution is -0.605. The van der Waals surface area contributed by atoms with Gasteiger partial charge >= 0.3 is 0 Å². The maximum absolute atomic E-state index is 12.3. The van der Waals surface area contributed by atoms with Crippen molar-refractivity contribution >= 4 is 5.91 Å². The molecule has 0 radical (unpaired) electrons. The highest BCUT2D eigenvalue weighted by atomic mass is 16.5. The van der Waals surface area contributed by atoms with Crippen LogP contribution >= 0.6 is 0 Å². The first kappa shape index (κ1) is 17.4. The molecule has 1 amide bonds. The van der Waals surface area contributed by atoms with Crippen molar-refractivity contribution in [2.45, 2.75) is 31.7 Å². The number of rotatable bonds is 6. The van der Waals surface area contributed by atoms with E-state index in [1.165, 1.54) is 18.0 Å². The van der Waals surface area contributed by atoms with Crippen LogP contribution in [-0.4, -0.2) is 36.5 Å². The Kier molecular flexibility index (Phi) is 6.01. The number of hydrogen-bond acceptors (Lipinski definition) is 3. The second-order valence-electron chi connectivity index (χ2n) is 6.65. The molecule has 1 aromatic carbocycles. The zero-order chi connectivity index (χ0) is 17.5. The molecule has 1 aromatic heterocycles. The Morgan fingerprint density at radius 2 is 1.96 bits per heavy atom. The molecule has 1 N–H and O–H groups in total. The first-order valence-corrected chi connectivity index (χ1v) is 8.97. The number of benzene rings is 1. The van der Waals surface area contributed by atoms with Crippen LogP contribution in [0.5, 0.6) is 0 Å². The molecule has 2 heterocycles. The SMILES string of the molecule is O=C(NC1CCCN(CCCc2ccccc2)C1)c1cc[n+]([O-])cc1. The van der Waals surface area contributed by atoms with Crippen molar-refractivity contribution in [3.05, 3.63) is 71.2 Å². The number of nitrogens with zero attached hydrogens (tertiary/aromatic N) is 2. The fourth-order valence-corrected chi connectivity index (χ4v) is 3.36. The van der Waals surface area contributed by atoms with Crippen molar-refractivity contribution in [3.63, 3.8) is 0 Å². The number of aryl methyl sites for hydroxylation is 1. The van der Waals surface area contributed by atoms with Crippen molar-refractivity contribution in [3.8, 4) is 0 Å². The Bertz CT molecular complexity index is 673. The topological polar surface area (TPSA) is 59.3 Å². The number of piperidine rings is 1. The van der Waals surface area contributed by atoms with Gasteiger partial charge in [0.1, 0.15) is 0 Å². The third-order valence-corrected chi connectivity index (χ3v) is 4.69. The highest BCUT2D eigenvalue weighted by Gasteiger charge is 2.21. The normalized spacial score (nSPS) is 18.0. The number of hydrogen-bond donors (Lipinski definition) is 1. The molecule has 0 aliphatic carbocycles. The van der Waals surface area contributed by atoms with Crippen molar-refractivity contribution < 1.29 is 9.52 Å². The van der Waals surface area contributed by atoms with Gasteiger partial charge in [0.25, 0.3) is 5.91 Å². The maximum Gasteiger partial charge on any atom is 0.251 e. The summed E-state index contributed by atoms with van der Waals surface area (Å²) in [7, 11) is 0. The number of carbonyl (C=O) groups is 1. The standard InChI is InChI=1S/C20H25N3O2/c24-20(18-10-14-23(25)15-11-18)21-19-9-5-13-22(16-19)12-4-8-17-6-2-1-3-7-17/h1-3,6-7,10-11,14-15,19H,4-5,8-9,12-13,16H2,(H,21,24). The van der Waals surface area contributed by atoms with Gasteiger partial charge in [0.15, 0.2) is 12.4 Å². The van der Waals surface area contributed by atoms with Gasteiger partial charge in [-0.2, -0.15) is 4.73 Å². The summed E-state index contributed by atoms with van der Waals surface area (Å²) in [5.41, 5.74) is 1.91. The zero-order valence-corrected chi connectivity index (χ0v) is 14.4. The van der Waals surface area contributed by atoms with E-state index in [-0.39, 0.29) is 11.9 Å². The third kappa shape index (κ3) is 5.29. The van der Waals surface area contributed by atoms with E-state index in [1.807, 2.05) is 6.07 Å². The van der Waals surface area contributed by atoms with Gasteiger partial charge in [-0.05, 0) is 44.3 Å². The van der Waals surface area contributed by atoms with Gasteiger partial charge in [0, 0.05) is 24.7 Å². The van der Waals surface area contributed by atoms with E-state index in [4.69, 9.17) is 0 Å². The quantitative estimate of drug-likeness (QED) is 0.648. The van der Waals surface area contributed by atoms with Crippen LogP contribution < -0.4 is 10.0 Å². The largest absolute Gasteiger partial charge is 0.619 e. The number of likely N-dealkylation sites (tertiary alicyclic amines) is 1. The van der Waals surface area contributed by atoms with Gasteiger partial charge < -0.3 is 15.4 Å². The molecule has 25 heavy (non-hydrogen) atoms. The Morgan fingerprint density at radius 3 is 2.72 bits per heavy atom. The molecule has 5 heteroatoms. The van der Waals surface area contributed by atoms with E-state index in [1.54, 1.807) is 12.1 Å². The second kappa shape index (κ2) is 8.62. The van der Waals surface area contributed by atoms with Crippen LogP contribution in [0.15, 0.2) is 54.9 Å². The summed E-state index contributed by atoms with van der Waals surface area (Å²) in [4.78, 5) is 14.7. The average Bonchev–Trinajstić information content (AvgIpc) is 2.63. The predicted octanol–water partition coefficient (Wildman–Crippen LogP) is 2.15. The highest BCUT2D eigenvalue weighted by Crippen LogP contribution is 2.12. The molecule has 1 aliphatic rings. The minimum Gasteiger partial charge on any atom is -0.619 e. The van der Waals surface area contributed by atoms with Gasteiger partial charge in [-0.1, -0.05) is 30.3 Å². The molecular formula is C20H25N3O2. The molecule has 1 saturated heterocycles. The first-order valence-electron chi connectivity index (χ1n) is 8.97. The van der Waals surface area contributed by atoms with Crippen LogP contribution in [-0.2, 0) is 6.42 Å². The lowest BCUT2D eigenvalue weighted by atomic mass is 10.0. The number of nitrogens with one attached hydrogen (secondary N) is 1. The molecule has 1 unspecified atom stereocenters. The molecule has 2 aromatic rings. The molecule has 132 valence electrons. The van der Waals surface area contributed by atoms with E-state index in [2.05, 4.69) is 34.5 Å². The highest BCUT2D eigenvalue weighted by molar-refractivity contribution is 5.94. The molecule has 3 rings (SSSR count). The van der Waals surface area contributed by atoms with Crippen molar-refractivity contribution in [2.24, 2.45) is 0 Å². The van der Waals surface area contributed by atoms with Gasteiger partial charge in [-0.15, -0.1) is 0 Å². The number of carbonyl (C=O) groups excluding carboxylic acids is 1. The fourth-order valence-electron chi connectivity index (χ4n) is 3.36. The third-order valence-electron chi connectivity index (χ3n) is 4.69. The summed E-state index contributed by atoms with van der Waals surface area (Å²) in [5.74, 6) is -0.100. The van der Waals surface area contributed by atoms with E-state index < -0.39 is 0 Å². The second-order valence-corrected chi connectivity index (χ2v) is 6.65. The van der Waals surface area contributed by atoms with Crippen LogP contribution in [0.3, 0.4) is 0 Å². The minimum absolute atomic E-state index is 0.100. The smallest absolute Gasteiger partial charge is 0.251 e. The van der Waals surface area contributed by atoms with Gasteiger partial charge in [0.2, 0.25) is 0 Å². The van der Waals surface area contributed by atoms with Gasteiger partial charge in [-0.25, -0.2) is 0 Å². The molecule has 1 aliphatic heterocycles. The number of pyridine rings is 1. The van der Waals surface area contributed by atoms with Crippen LogP contribution in [0.25, 0.3) is 0 Å². The minimum atomic E-state index is -0.100. The molecule has 1 atom stereocenters. The number of aromatic nitrogens is 1. The Morgan fingerprint density at radius 1 is 1.20 bits per heavy atom. The maximum atomic E-state index is 12.3. The molecule has 1 fully saturated rings. The average molecular weight is 339 g/mol. The summed E-state index contributed by atoms with van der Waals surface area (Å²) in [6, 6.07) is 13.8. The van der Waals surface area contributed by atoms with Gasteiger partial charge in [-0.3, -0.25) is 4.79 Å². The summed E-state index contributed by atoms with van der Waals surface area (Å²) in [5, 5.41) is 14.2. The fraction of sp³-hybridized carbons (Fsp3) is 0.400. The van der Waals surface area contributed by atoms with Crippen molar-refractivity contribution in [1.29, 1.82) is 0 Å². The summed E-state index contributed by atoms with van der Waals surface area (Å²) in [6.45, 7) is 3.06. The monoisotopic (exact) mass is 339 g/mol. The predicted molar refractivity (Wildman–Crippen MR) is 97.1 cm³/mol. The van der Waals surface area contributed by atoms with Crippen LogP contribution in [0.2, 0.25) is 0 Å². The first-order chi connectivity index (χ1) is 12.2. The molecule has 0 bridgehead atoms. The van der Waals surface area contributed by atoms with E-state index in [0.717, 1.165) is 45.3 Å². The number of amides is 1. The van der Waals surface area contributed by atoms with Crippen LogP contribution in [0.1, 0.15) is 35.2 Å². The molecule has 0 spiro atoms. The Hall–Kier alpha value is -2.40. The van der Waals surface area contributed by atoms with Crippen LogP contribution in [0, 0.1) is 5.21 Å². The molecular weight excluding hydrogens is 314 g/mol. The summed E-state index contributed by atoms with van der Waals surface area (Å²) >= 11 is 0. The Labute approximate surface area is 148 Å². The summed E-state index contributed by atoms with van der Waals surface area (Å²) in [6.07, 6.45) is 7.04. The lowest BCUT2D eigenvalue weighted by Gasteiger charge is -2.33. The van der Waals surface area contributed by atoms with E-state index >= 15 is 0 Å². The van der Waals surface area contributed by atoms with E-state index in [9.17, 15) is 10.0 Å². The lowest BCUT2D eigenvalue weighted by Crippen LogP contribution is -2.48. The molecule has 0 saturated carbocycles.